The number of benzene rings is 1. The van der Waals surface area contributed by atoms with Crippen LogP contribution in [0, 0.1) is 0 Å². The molecule has 0 spiro atoms. The van der Waals surface area contributed by atoms with E-state index in [0.29, 0.717) is 23.7 Å². The van der Waals surface area contributed by atoms with E-state index >= 15 is 0 Å². The predicted octanol–water partition coefficient (Wildman–Crippen LogP) is 2.35. The number of hydrogen-bond acceptors (Lipinski definition) is 3. The summed E-state index contributed by atoms with van der Waals surface area (Å²) in [7, 11) is 0. The van der Waals surface area contributed by atoms with Gasteiger partial charge in [0.25, 0.3) is 5.91 Å². The lowest BCUT2D eigenvalue weighted by Gasteiger charge is -2.27. The summed E-state index contributed by atoms with van der Waals surface area (Å²) in [6, 6.07) is 5.18. The van der Waals surface area contributed by atoms with Crippen molar-refractivity contribution in [1.29, 1.82) is 0 Å². The van der Waals surface area contributed by atoms with Crippen LogP contribution in [0.3, 0.4) is 0 Å². The SMILES string of the molecule is O=C(c1ccc(Cl)c(Br)c1)N1CCn2cnnc2C1. The second kappa shape index (κ2) is 4.94. The fraction of sp³-hybridized carbons (Fsp3) is 0.250. The standard InChI is InChI=1S/C12H10BrClN4O/c13-9-5-8(1-2-10(9)14)12(19)17-3-4-18-7-15-16-11(18)6-17/h1-2,5,7H,3-4,6H2. The Labute approximate surface area is 123 Å². The zero-order valence-electron chi connectivity index (χ0n) is 9.88. The van der Waals surface area contributed by atoms with Crippen molar-refractivity contribution < 1.29 is 4.79 Å². The Hall–Kier alpha value is -1.40. The third-order valence-corrected chi connectivity index (χ3v) is 4.31. The van der Waals surface area contributed by atoms with Gasteiger partial charge >= 0.3 is 0 Å². The molecule has 2 heterocycles. The van der Waals surface area contributed by atoms with Gasteiger partial charge in [-0.05, 0) is 34.1 Å². The molecule has 0 unspecified atom stereocenters. The molecule has 0 N–H and O–H groups in total. The lowest BCUT2D eigenvalue weighted by molar-refractivity contribution is 0.0707. The fourth-order valence-corrected chi connectivity index (χ4v) is 2.55. The van der Waals surface area contributed by atoms with E-state index in [0.717, 1.165) is 16.8 Å². The molecule has 1 aliphatic heterocycles. The largest absolute Gasteiger partial charge is 0.329 e. The van der Waals surface area contributed by atoms with Crippen LogP contribution in [0.25, 0.3) is 0 Å². The van der Waals surface area contributed by atoms with Crippen LogP contribution in [-0.2, 0) is 13.1 Å². The number of hydrogen-bond donors (Lipinski definition) is 0. The summed E-state index contributed by atoms with van der Waals surface area (Å²) in [6.07, 6.45) is 1.69. The van der Waals surface area contributed by atoms with Gasteiger partial charge in [0.15, 0.2) is 5.82 Å². The average molecular weight is 342 g/mol. The van der Waals surface area contributed by atoms with E-state index in [1.807, 2.05) is 4.57 Å². The van der Waals surface area contributed by atoms with Gasteiger partial charge in [-0.15, -0.1) is 10.2 Å². The summed E-state index contributed by atoms with van der Waals surface area (Å²) < 4.78 is 2.68. The summed E-state index contributed by atoms with van der Waals surface area (Å²) >= 11 is 9.26. The third kappa shape index (κ3) is 2.37. The van der Waals surface area contributed by atoms with Gasteiger partial charge in [-0.3, -0.25) is 4.79 Å². The predicted molar refractivity (Wildman–Crippen MR) is 73.9 cm³/mol. The van der Waals surface area contributed by atoms with Crippen molar-refractivity contribution in [2.45, 2.75) is 13.1 Å². The van der Waals surface area contributed by atoms with E-state index < -0.39 is 0 Å². The van der Waals surface area contributed by atoms with Crippen molar-refractivity contribution in [2.75, 3.05) is 6.54 Å². The average Bonchev–Trinajstić information content (AvgIpc) is 2.88. The zero-order chi connectivity index (χ0) is 13.4. The van der Waals surface area contributed by atoms with Crippen LogP contribution in [0.1, 0.15) is 16.2 Å². The Kier molecular flexibility index (Phi) is 3.28. The molecular formula is C12H10BrClN4O. The first-order chi connectivity index (χ1) is 9.15. The summed E-state index contributed by atoms with van der Waals surface area (Å²) in [5.41, 5.74) is 0.615. The van der Waals surface area contributed by atoms with E-state index in [-0.39, 0.29) is 5.91 Å². The minimum absolute atomic E-state index is 0.0217. The smallest absolute Gasteiger partial charge is 0.254 e. The topological polar surface area (TPSA) is 51.0 Å². The minimum atomic E-state index is -0.0217. The molecule has 0 atom stereocenters. The summed E-state index contributed by atoms with van der Waals surface area (Å²) in [5.74, 6) is 0.791. The van der Waals surface area contributed by atoms with E-state index in [4.69, 9.17) is 11.6 Å². The quantitative estimate of drug-likeness (QED) is 0.800. The van der Waals surface area contributed by atoms with Crippen molar-refractivity contribution >= 4 is 33.4 Å². The van der Waals surface area contributed by atoms with Gasteiger partial charge in [0, 0.05) is 23.1 Å². The Bertz CT molecular complexity index is 642. The maximum atomic E-state index is 12.4. The van der Waals surface area contributed by atoms with E-state index in [2.05, 4.69) is 26.1 Å². The number of fused-ring (bicyclic) bond motifs is 1. The van der Waals surface area contributed by atoms with Crippen LogP contribution >= 0.6 is 27.5 Å². The van der Waals surface area contributed by atoms with Crippen molar-refractivity contribution in [3.05, 3.63) is 45.4 Å². The molecule has 0 aliphatic carbocycles. The molecule has 1 amide bonds. The Morgan fingerprint density at radius 1 is 1.37 bits per heavy atom. The van der Waals surface area contributed by atoms with Gasteiger partial charge in [0.1, 0.15) is 6.33 Å². The summed E-state index contributed by atoms with van der Waals surface area (Å²) in [5, 5.41) is 8.44. The lowest BCUT2D eigenvalue weighted by atomic mass is 10.2. The monoisotopic (exact) mass is 340 g/mol. The molecule has 19 heavy (non-hydrogen) atoms. The molecule has 0 bridgehead atoms. The molecule has 7 heteroatoms. The van der Waals surface area contributed by atoms with Gasteiger partial charge in [-0.1, -0.05) is 11.6 Å². The molecule has 3 rings (SSSR count). The van der Waals surface area contributed by atoms with Gasteiger partial charge in [0.2, 0.25) is 0 Å². The summed E-state index contributed by atoms with van der Waals surface area (Å²) in [6.45, 7) is 1.87. The third-order valence-electron chi connectivity index (χ3n) is 3.09. The summed E-state index contributed by atoms with van der Waals surface area (Å²) in [4.78, 5) is 14.2. The highest BCUT2D eigenvalue weighted by molar-refractivity contribution is 9.10. The maximum absolute atomic E-state index is 12.4. The van der Waals surface area contributed by atoms with Gasteiger partial charge in [0.05, 0.1) is 11.6 Å². The second-order valence-corrected chi connectivity index (χ2v) is 5.56. The molecule has 0 saturated heterocycles. The molecular weight excluding hydrogens is 332 g/mol. The number of carbonyl (C=O) groups is 1. The number of rotatable bonds is 1. The number of halogens is 2. The maximum Gasteiger partial charge on any atom is 0.254 e. The van der Waals surface area contributed by atoms with Crippen molar-refractivity contribution in [3.63, 3.8) is 0 Å². The number of aromatic nitrogens is 3. The number of amides is 1. The second-order valence-electron chi connectivity index (χ2n) is 4.30. The molecule has 0 fully saturated rings. The lowest BCUT2D eigenvalue weighted by Crippen LogP contribution is -2.38. The van der Waals surface area contributed by atoms with Crippen LogP contribution < -0.4 is 0 Å². The molecule has 1 aromatic heterocycles. The Balaban J connectivity index is 1.83. The van der Waals surface area contributed by atoms with Crippen molar-refractivity contribution in [1.82, 2.24) is 19.7 Å². The first-order valence-corrected chi connectivity index (χ1v) is 6.93. The van der Waals surface area contributed by atoms with Crippen LogP contribution in [-0.4, -0.2) is 32.1 Å². The van der Waals surface area contributed by atoms with Crippen LogP contribution in [0.15, 0.2) is 29.0 Å². The van der Waals surface area contributed by atoms with Crippen molar-refractivity contribution in [3.8, 4) is 0 Å². The van der Waals surface area contributed by atoms with E-state index in [1.54, 1.807) is 29.4 Å². The fourth-order valence-electron chi connectivity index (χ4n) is 2.05. The molecule has 0 radical (unpaired) electrons. The van der Waals surface area contributed by atoms with Gasteiger partial charge in [-0.2, -0.15) is 0 Å². The first kappa shape index (κ1) is 12.6. The molecule has 1 aromatic carbocycles. The molecule has 5 nitrogen and oxygen atoms in total. The normalized spacial score (nSPS) is 14.3. The van der Waals surface area contributed by atoms with Crippen LogP contribution in [0.4, 0.5) is 0 Å². The number of carbonyl (C=O) groups excluding carboxylic acids is 1. The molecule has 98 valence electrons. The number of nitrogens with zero attached hydrogens (tertiary/aromatic N) is 4. The highest BCUT2D eigenvalue weighted by atomic mass is 79.9. The minimum Gasteiger partial charge on any atom is -0.329 e. The Morgan fingerprint density at radius 2 is 2.21 bits per heavy atom. The highest BCUT2D eigenvalue weighted by Crippen LogP contribution is 2.24. The van der Waals surface area contributed by atoms with E-state index in [9.17, 15) is 4.79 Å². The first-order valence-electron chi connectivity index (χ1n) is 5.76. The van der Waals surface area contributed by atoms with E-state index in [1.165, 1.54) is 0 Å². The Morgan fingerprint density at radius 3 is 3.00 bits per heavy atom. The highest BCUT2D eigenvalue weighted by Gasteiger charge is 2.23. The molecule has 0 saturated carbocycles. The van der Waals surface area contributed by atoms with Gasteiger partial charge < -0.3 is 9.47 Å². The molecule has 1 aliphatic rings. The zero-order valence-corrected chi connectivity index (χ0v) is 12.2. The van der Waals surface area contributed by atoms with Gasteiger partial charge in [-0.25, -0.2) is 0 Å². The van der Waals surface area contributed by atoms with Crippen molar-refractivity contribution in [2.24, 2.45) is 0 Å². The molecule has 2 aromatic rings. The van der Waals surface area contributed by atoms with Crippen LogP contribution in [0.5, 0.6) is 0 Å². The van der Waals surface area contributed by atoms with Crippen LogP contribution in [0.2, 0.25) is 5.02 Å².